The van der Waals surface area contributed by atoms with E-state index >= 15 is 0 Å². The average Bonchev–Trinajstić information content (AvgIpc) is 2.97. The van der Waals surface area contributed by atoms with Crippen molar-refractivity contribution in [1.82, 2.24) is 14.9 Å². The van der Waals surface area contributed by atoms with Crippen LogP contribution in [0.3, 0.4) is 0 Å². The average molecular weight is 351 g/mol. The number of rotatable bonds is 5. The molecular weight excluding hydrogens is 330 g/mol. The molecule has 1 amide bonds. The monoisotopic (exact) mass is 351 g/mol. The van der Waals surface area contributed by atoms with Crippen LogP contribution < -0.4 is 5.32 Å². The Morgan fingerprint density at radius 1 is 1.19 bits per heavy atom. The maximum absolute atomic E-state index is 12.4. The molecule has 6 nitrogen and oxygen atoms in total. The van der Waals surface area contributed by atoms with Gasteiger partial charge in [0.1, 0.15) is 11.9 Å². The quantitative estimate of drug-likeness (QED) is 0.717. The van der Waals surface area contributed by atoms with Crippen LogP contribution in [-0.2, 0) is 9.53 Å². The second-order valence-electron chi connectivity index (χ2n) is 5.98. The number of ether oxygens (including phenoxy) is 1. The van der Waals surface area contributed by atoms with Crippen LogP contribution in [0.15, 0.2) is 48.5 Å². The maximum atomic E-state index is 12.4. The van der Waals surface area contributed by atoms with Crippen LogP contribution in [0.1, 0.15) is 30.0 Å². The summed E-state index contributed by atoms with van der Waals surface area (Å²) in [7, 11) is 0. The van der Waals surface area contributed by atoms with Gasteiger partial charge in [-0.15, -0.1) is 0 Å². The van der Waals surface area contributed by atoms with Crippen molar-refractivity contribution in [3.8, 4) is 5.69 Å². The van der Waals surface area contributed by atoms with E-state index in [0.717, 1.165) is 22.5 Å². The summed E-state index contributed by atoms with van der Waals surface area (Å²) in [6.07, 6.45) is 0. The number of imidazole rings is 1. The zero-order chi connectivity index (χ0) is 18.7. The highest BCUT2D eigenvalue weighted by atomic mass is 16.5. The van der Waals surface area contributed by atoms with Crippen LogP contribution in [0, 0.1) is 6.92 Å². The van der Waals surface area contributed by atoms with Crippen molar-refractivity contribution in [2.45, 2.75) is 26.8 Å². The van der Waals surface area contributed by atoms with Crippen molar-refractivity contribution < 1.29 is 14.3 Å². The summed E-state index contributed by atoms with van der Waals surface area (Å²) in [4.78, 5) is 28.7. The molecule has 1 aromatic heterocycles. The predicted molar refractivity (Wildman–Crippen MR) is 99.4 cm³/mol. The number of benzene rings is 2. The Hall–Kier alpha value is -3.15. The van der Waals surface area contributed by atoms with Crippen LogP contribution >= 0.6 is 0 Å². The number of amides is 1. The number of esters is 1. The Bertz CT molecular complexity index is 948. The molecule has 26 heavy (non-hydrogen) atoms. The Labute approximate surface area is 151 Å². The number of carbonyl (C=O) groups excluding carboxylic acids is 2. The van der Waals surface area contributed by atoms with Crippen molar-refractivity contribution >= 4 is 22.9 Å². The van der Waals surface area contributed by atoms with Gasteiger partial charge in [0.25, 0.3) is 5.91 Å². The normalized spacial score (nSPS) is 12.0. The fourth-order valence-electron chi connectivity index (χ4n) is 2.85. The Morgan fingerprint density at radius 2 is 1.92 bits per heavy atom. The van der Waals surface area contributed by atoms with E-state index in [1.165, 1.54) is 0 Å². The van der Waals surface area contributed by atoms with E-state index in [1.54, 1.807) is 26.0 Å². The third kappa shape index (κ3) is 3.44. The lowest BCUT2D eigenvalue weighted by Gasteiger charge is -2.12. The third-order valence-corrected chi connectivity index (χ3v) is 4.09. The molecule has 0 radical (unpaired) electrons. The molecule has 1 N–H and O–H groups in total. The van der Waals surface area contributed by atoms with Crippen molar-refractivity contribution in [2.75, 3.05) is 6.61 Å². The molecule has 6 heteroatoms. The molecule has 0 aliphatic heterocycles. The molecule has 0 saturated heterocycles. The number of fused-ring (bicyclic) bond motifs is 1. The molecule has 0 aliphatic carbocycles. The smallest absolute Gasteiger partial charge is 0.328 e. The van der Waals surface area contributed by atoms with Gasteiger partial charge in [0.15, 0.2) is 0 Å². The number of hydrogen-bond acceptors (Lipinski definition) is 4. The fourth-order valence-corrected chi connectivity index (χ4v) is 2.85. The van der Waals surface area contributed by atoms with Gasteiger partial charge >= 0.3 is 5.97 Å². The highest BCUT2D eigenvalue weighted by Crippen LogP contribution is 2.22. The van der Waals surface area contributed by atoms with Gasteiger partial charge in [0.2, 0.25) is 0 Å². The Kier molecular flexibility index (Phi) is 5.02. The number of para-hydroxylation sites is 1. The first-order valence-corrected chi connectivity index (χ1v) is 8.53. The first kappa shape index (κ1) is 17.7. The number of aryl methyl sites for hydroxylation is 1. The molecule has 134 valence electrons. The van der Waals surface area contributed by atoms with Crippen molar-refractivity contribution in [3.63, 3.8) is 0 Å². The van der Waals surface area contributed by atoms with Gasteiger partial charge in [-0.05, 0) is 51.1 Å². The maximum Gasteiger partial charge on any atom is 0.328 e. The standard InChI is InChI=1S/C20H21N3O3/c1-4-26-20(25)13(2)21-19(24)15-10-11-18-17(12-15)22-14(3)23(18)16-8-6-5-7-9-16/h5-13H,4H2,1-3H3,(H,21,24). The van der Waals surface area contributed by atoms with Gasteiger partial charge in [-0.25, -0.2) is 9.78 Å². The largest absolute Gasteiger partial charge is 0.464 e. The van der Waals surface area contributed by atoms with E-state index in [0.29, 0.717) is 5.56 Å². The van der Waals surface area contributed by atoms with E-state index < -0.39 is 12.0 Å². The van der Waals surface area contributed by atoms with Crippen LogP contribution in [0.5, 0.6) is 0 Å². The summed E-state index contributed by atoms with van der Waals surface area (Å²) in [5.41, 5.74) is 3.11. The molecular formula is C20H21N3O3. The molecule has 0 aliphatic rings. The molecule has 0 bridgehead atoms. The van der Waals surface area contributed by atoms with Crippen LogP contribution in [-0.4, -0.2) is 34.1 Å². The third-order valence-electron chi connectivity index (χ3n) is 4.09. The zero-order valence-electron chi connectivity index (χ0n) is 15.0. The van der Waals surface area contributed by atoms with Gasteiger partial charge in [-0.3, -0.25) is 9.36 Å². The van der Waals surface area contributed by atoms with Crippen LogP contribution in [0.25, 0.3) is 16.7 Å². The second-order valence-corrected chi connectivity index (χ2v) is 5.98. The lowest BCUT2D eigenvalue weighted by molar-refractivity contribution is -0.144. The number of nitrogens with one attached hydrogen (secondary N) is 1. The molecule has 0 spiro atoms. The Morgan fingerprint density at radius 3 is 2.62 bits per heavy atom. The summed E-state index contributed by atoms with van der Waals surface area (Å²) >= 11 is 0. The number of carbonyl (C=O) groups is 2. The molecule has 3 rings (SSSR count). The molecule has 0 saturated carbocycles. The SMILES string of the molecule is CCOC(=O)C(C)NC(=O)c1ccc2c(c1)nc(C)n2-c1ccccc1. The van der Waals surface area contributed by atoms with E-state index in [9.17, 15) is 9.59 Å². The minimum atomic E-state index is -0.707. The number of aromatic nitrogens is 2. The fraction of sp³-hybridized carbons (Fsp3) is 0.250. The molecule has 1 atom stereocenters. The topological polar surface area (TPSA) is 73.2 Å². The second kappa shape index (κ2) is 7.39. The van der Waals surface area contributed by atoms with E-state index in [1.807, 2.05) is 47.9 Å². The van der Waals surface area contributed by atoms with E-state index in [2.05, 4.69) is 10.3 Å². The lowest BCUT2D eigenvalue weighted by atomic mass is 10.1. The number of nitrogens with zero attached hydrogens (tertiary/aromatic N) is 2. The minimum absolute atomic E-state index is 0.279. The van der Waals surface area contributed by atoms with Gasteiger partial charge in [0.05, 0.1) is 17.6 Å². The first-order chi connectivity index (χ1) is 12.5. The highest BCUT2D eigenvalue weighted by Gasteiger charge is 2.18. The van der Waals surface area contributed by atoms with Crippen molar-refractivity contribution in [1.29, 1.82) is 0 Å². The van der Waals surface area contributed by atoms with Crippen LogP contribution in [0.2, 0.25) is 0 Å². The molecule has 0 fully saturated rings. The summed E-state index contributed by atoms with van der Waals surface area (Å²) < 4.78 is 6.95. The summed E-state index contributed by atoms with van der Waals surface area (Å²) in [5.74, 6) is 0.0501. The highest BCUT2D eigenvalue weighted by molar-refractivity contribution is 5.99. The summed E-state index contributed by atoms with van der Waals surface area (Å²) in [6.45, 7) is 5.53. The van der Waals surface area contributed by atoms with Crippen molar-refractivity contribution in [3.05, 3.63) is 59.9 Å². The van der Waals surface area contributed by atoms with Crippen LogP contribution in [0.4, 0.5) is 0 Å². The van der Waals surface area contributed by atoms with Crippen molar-refractivity contribution in [2.24, 2.45) is 0 Å². The minimum Gasteiger partial charge on any atom is -0.464 e. The molecule has 1 unspecified atom stereocenters. The predicted octanol–water partition coefficient (Wildman–Crippen LogP) is 3.02. The Balaban J connectivity index is 1.89. The number of hydrogen-bond donors (Lipinski definition) is 1. The summed E-state index contributed by atoms with van der Waals surface area (Å²) in [6, 6.07) is 14.5. The zero-order valence-corrected chi connectivity index (χ0v) is 15.0. The molecule has 2 aromatic carbocycles. The van der Waals surface area contributed by atoms with Gasteiger partial charge < -0.3 is 10.1 Å². The van der Waals surface area contributed by atoms with E-state index in [-0.39, 0.29) is 12.5 Å². The molecule has 3 aromatic rings. The van der Waals surface area contributed by atoms with E-state index in [4.69, 9.17) is 4.74 Å². The van der Waals surface area contributed by atoms with Gasteiger partial charge in [0, 0.05) is 11.3 Å². The lowest BCUT2D eigenvalue weighted by Crippen LogP contribution is -2.39. The molecule has 1 heterocycles. The summed E-state index contributed by atoms with van der Waals surface area (Å²) in [5, 5.41) is 2.65. The first-order valence-electron chi connectivity index (χ1n) is 8.53. The van der Waals surface area contributed by atoms with Gasteiger partial charge in [-0.1, -0.05) is 18.2 Å². The van der Waals surface area contributed by atoms with Gasteiger partial charge in [-0.2, -0.15) is 0 Å².